The van der Waals surface area contributed by atoms with E-state index in [4.69, 9.17) is 16.3 Å². The van der Waals surface area contributed by atoms with Gasteiger partial charge in [-0.1, -0.05) is 41.9 Å². The van der Waals surface area contributed by atoms with E-state index >= 15 is 0 Å². The quantitative estimate of drug-likeness (QED) is 0.467. The number of benzene rings is 3. The van der Waals surface area contributed by atoms with Gasteiger partial charge in [0.2, 0.25) is 5.91 Å². The van der Waals surface area contributed by atoms with Gasteiger partial charge in [0.15, 0.2) is 0 Å². The average molecular weight is 493 g/mol. The van der Waals surface area contributed by atoms with Crippen LogP contribution in [0, 0.1) is 0 Å². The first-order valence-corrected chi connectivity index (χ1v) is 12.0. The summed E-state index contributed by atoms with van der Waals surface area (Å²) in [7, 11) is 0. The minimum Gasteiger partial charge on any atom is -0.492 e. The topological polar surface area (TPSA) is 73.9 Å². The molecule has 0 bridgehead atoms. The molecule has 1 saturated heterocycles. The van der Waals surface area contributed by atoms with E-state index in [1.807, 2.05) is 54.6 Å². The second-order valence-electron chi connectivity index (χ2n) is 8.33. The fourth-order valence-corrected chi connectivity index (χ4v) is 4.02. The van der Waals surface area contributed by atoms with Crippen LogP contribution in [0.15, 0.2) is 78.9 Å². The van der Waals surface area contributed by atoms with Crippen LogP contribution in [0.5, 0.6) is 5.75 Å². The summed E-state index contributed by atoms with van der Waals surface area (Å²) in [4.78, 5) is 29.9. The molecule has 8 heteroatoms. The summed E-state index contributed by atoms with van der Waals surface area (Å²) in [6.45, 7) is 5.04. The number of halogens is 1. The normalized spacial score (nSPS) is 14.3. The molecule has 7 nitrogen and oxygen atoms in total. The van der Waals surface area contributed by atoms with Crippen molar-refractivity contribution in [2.24, 2.45) is 0 Å². The van der Waals surface area contributed by atoms with Crippen molar-refractivity contribution in [1.82, 2.24) is 9.80 Å². The lowest BCUT2D eigenvalue weighted by Gasteiger charge is -2.34. The molecule has 0 atom stereocenters. The zero-order valence-corrected chi connectivity index (χ0v) is 20.2. The van der Waals surface area contributed by atoms with Crippen LogP contribution >= 0.6 is 11.6 Å². The highest BCUT2D eigenvalue weighted by atomic mass is 35.5. The van der Waals surface area contributed by atoms with E-state index in [2.05, 4.69) is 20.4 Å². The lowest BCUT2D eigenvalue weighted by Crippen LogP contribution is -2.49. The maximum Gasteiger partial charge on any atom is 0.257 e. The molecule has 0 saturated carbocycles. The molecule has 0 spiro atoms. The number of nitrogens with one attached hydrogen (secondary N) is 2. The largest absolute Gasteiger partial charge is 0.492 e. The Labute approximate surface area is 210 Å². The van der Waals surface area contributed by atoms with Gasteiger partial charge < -0.3 is 15.4 Å². The molecule has 3 aromatic carbocycles. The summed E-state index contributed by atoms with van der Waals surface area (Å²) in [5.74, 6) is 0.411. The van der Waals surface area contributed by atoms with Gasteiger partial charge in [-0.15, -0.1) is 0 Å². The zero-order valence-electron chi connectivity index (χ0n) is 19.5. The number of anilines is 2. The van der Waals surface area contributed by atoms with Crippen molar-refractivity contribution in [3.63, 3.8) is 0 Å². The SMILES string of the molecule is O=C(CN1CCN(CCOc2ccc(Cl)cc2)CC1)Nc1ccccc1C(=O)Nc1ccccc1. The summed E-state index contributed by atoms with van der Waals surface area (Å²) in [5, 5.41) is 6.46. The lowest BCUT2D eigenvalue weighted by atomic mass is 10.1. The number of piperazine rings is 1. The van der Waals surface area contributed by atoms with Crippen molar-refractivity contribution in [2.45, 2.75) is 0 Å². The number of carbonyl (C=O) groups is 2. The van der Waals surface area contributed by atoms with Crippen LogP contribution in [-0.2, 0) is 4.79 Å². The van der Waals surface area contributed by atoms with Crippen LogP contribution in [0.1, 0.15) is 10.4 Å². The number of ether oxygens (including phenoxy) is 1. The molecule has 4 rings (SSSR count). The van der Waals surface area contributed by atoms with Gasteiger partial charge in [0.05, 0.1) is 17.8 Å². The fourth-order valence-electron chi connectivity index (χ4n) is 3.90. The van der Waals surface area contributed by atoms with Crippen molar-refractivity contribution in [1.29, 1.82) is 0 Å². The monoisotopic (exact) mass is 492 g/mol. The highest BCUT2D eigenvalue weighted by Gasteiger charge is 2.20. The molecular formula is C27H29ClN4O3. The summed E-state index contributed by atoms with van der Waals surface area (Å²) >= 11 is 5.90. The van der Waals surface area contributed by atoms with Gasteiger partial charge in [-0.05, 0) is 48.5 Å². The Morgan fingerprint density at radius 2 is 1.46 bits per heavy atom. The molecule has 0 aromatic heterocycles. The Morgan fingerprint density at radius 1 is 0.800 bits per heavy atom. The second-order valence-corrected chi connectivity index (χ2v) is 8.77. The summed E-state index contributed by atoms with van der Waals surface area (Å²) in [5.41, 5.74) is 1.63. The predicted molar refractivity (Wildman–Crippen MR) is 139 cm³/mol. The molecule has 0 unspecified atom stereocenters. The van der Waals surface area contributed by atoms with Crippen LogP contribution in [0.3, 0.4) is 0 Å². The first kappa shape index (κ1) is 24.7. The van der Waals surface area contributed by atoms with Gasteiger partial charge in [-0.2, -0.15) is 0 Å². The van der Waals surface area contributed by atoms with E-state index < -0.39 is 0 Å². The van der Waals surface area contributed by atoms with Crippen molar-refractivity contribution < 1.29 is 14.3 Å². The highest BCUT2D eigenvalue weighted by molar-refractivity contribution is 6.30. The van der Waals surface area contributed by atoms with Crippen LogP contribution < -0.4 is 15.4 Å². The van der Waals surface area contributed by atoms with Crippen molar-refractivity contribution in [3.8, 4) is 5.75 Å². The second kappa shape index (κ2) is 12.4. The smallest absolute Gasteiger partial charge is 0.257 e. The molecule has 0 radical (unpaired) electrons. The van der Waals surface area contributed by atoms with Crippen LogP contribution in [0.4, 0.5) is 11.4 Å². The lowest BCUT2D eigenvalue weighted by molar-refractivity contribution is -0.117. The van der Waals surface area contributed by atoms with Crippen molar-refractivity contribution >= 4 is 34.8 Å². The molecule has 1 fully saturated rings. The third-order valence-corrected chi connectivity index (χ3v) is 6.05. The fraction of sp³-hybridized carbons (Fsp3) is 0.259. The first-order valence-electron chi connectivity index (χ1n) is 11.7. The van der Waals surface area contributed by atoms with Gasteiger partial charge in [-0.25, -0.2) is 0 Å². The van der Waals surface area contributed by atoms with Crippen molar-refractivity contribution in [3.05, 3.63) is 89.4 Å². The Hall–Kier alpha value is -3.39. The molecule has 2 amide bonds. The molecule has 2 N–H and O–H groups in total. The average Bonchev–Trinajstić information content (AvgIpc) is 2.87. The van der Waals surface area contributed by atoms with Crippen molar-refractivity contribution in [2.75, 3.05) is 56.5 Å². The number of nitrogens with zero attached hydrogens (tertiary/aromatic N) is 2. The number of hydrogen-bond acceptors (Lipinski definition) is 5. The molecule has 1 heterocycles. The highest BCUT2D eigenvalue weighted by Crippen LogP contribution is 2.18. The number of amides is 2. The predicted octanol–water partition coefficient (Wildman–Crippen LogP) is 4.23. The number of carbonyl (C=O) groups excluding carboxylic acids is 2. The summed E-state index contributed by atoms with van der Waals surface area (Å²) in [6.07, 6.45) is 0. The van der Waals surface area contributed by atoms with Gasteiger partial charge in [0, 0.05) is 43.4 Å². The molecule has 182 valence electrons. The van der Waals surface area contributed by atoms with Crippen LogP contribution in [0.2, 0.25) is 5.02 Å². The number of hydrogen-bond donors (Lipinski definition) is 2. The van der Waals surface area contributed by atoms with Crippen LogP contribution in [0.25, 0.3) is 0 Å². The molecule has 1 aliphatic heterocycles. The van der Waals surface area contributed by atoms with E-state index in [-0.39, 0.29) is 18.4 Å². The van der Waals surface area contributed by atoms with E-state index in [1.54, 1.807) is 24.3 Å². The van der Waals surface area contributed by atoms with Gasteiger partial charge in [0.25, 0.3) is 5.91 Å². The van der Waals surface area contributed by atoms with Gasteiger partial charge >= 0.3 is 0 Å². The number of rotatable bonds is 9. The Morgan fingerprint density at radius 3 is 2.20 bits per heavy atom. The standard InChI is InChI=1S/C27H29ClN4O3/c28-21-10-12-23(13-11-21)35-19-18-31-14-16-32(17-15-31)20-26(33)30-25-9-5-4-8-24(25)27(34)29-22-6-2-1-3-7-22/h1-13H,14-20H2,(H,29,34)(H,30,33). The van der Waals surface area contributed by atoms with E-state index in [0.717, 1.165) is 38.5 Å². The summed E-state index contributed by atoms with van der Waals surface area (Å²) < 4.78 is 5.78. The zero-order chi connectivity index (χ0) is 24.5. The maximum absolute atomic E-state index is 12.7. The van der Waals surface area contributed by atoms with E-state index in [9.17, 15) is 9.59 Å². The molecule has 1 aliphatic rings. The minimum absolute atomic E-state index is 0.135. The molecule has 0 aliphatic carbocycles. The van der Waals surface area contributed by atoms with Gasteiger partial charge in [-0.3, -0.25) is 19.4 Å². The van der Waals surface area contributed by atoms with E-state index in [0.29, 0.717) is 28.6 Å². The van der Waals surface area contributed by atoms with Gasteiger partial charge in [0.1, 0.15) is 12.4 Å². The first-order chi connectivity index (χ1) is 17.1. The minimum atomic E-state index is -0.262. The third kappa shape index (κ3) is 7.55. The Kier molecular flexibility index (Phi) is 8.73. The summed E-state index contributed by atoms with van der Waals surface area (Å²) in [6, 6.07) is 23.6. The van der Waals surface area contributed by atoms with Crippen LogP contribution in [-0.4, -0.2) is 67.5 Å². The third-order valence-electron chi connectivity index (χ3n) is 5.80. The molecular weight excluding hydrogens is 464 g/mol. The Bertz CT molecular complexity index is 1120. The number of para-hydroxylation sites is 2. The maximum atomic E-state index is 12.7. The van der Waals surface area contributed by atoms with E-state index in [1.165, 1.54) is 0 Å². The molecule has 3 aromatic rings. The molecule has 35 heavy (non-hydrogen) atoms. The Balaban J connectivity index is 1.21.